The Morgan fingerprint density at radius 1 is 1.11 bits per heavy atom. The largest absolute Gasteiger partial charge is 0.507 e. The standard InChI is InChI=1S/C15H13N3O/c19-13-6-2-1-4-11(13)14-17-12-5-3-9-16-15(12)18(14)10-7-8-10/h1-6,9-10,19H,7-8H2. The Morgan fingerprint density at radius 3 is 2.74 bits per heavy atom. The maximum Gasteiger partial charge on any atom is 0.160 e. The van der Waals surface area contributed by atoms with E-state index < -0.39 is 0 Å². The Kier molecular flexibility index (Phi) is 2.12. The molecular formula is C15H13N3O. The highest BCUT2D eigenvalue weighted by molar-refractivity contribution is 5.79. The molecule has 1 saturated carbocycles. The van der Waals surface area contributed by atoms with Crippen LogP contribution in [0.1, 0.15) is 18.9 Å². The highest BCUT2D eigenvalue weighted by Gasteiger charge is 2.29. The average molecular weight is 251 g/mol. The molecule has 0 spiro atoms. The predicted molar refractivity (Wildman–Crippen MR) is 72.9 cm³/mol. The summed E-state index contributed by atoms with van der Waals surface area (Å²) in [5, 5.41) is 10.0. The molecule has 1 N–H and O–H groups in total. The highest BCUT2D eigenvalue weighted by Crippen LogP contribution is 2.42. The summed E-state index contributed by atoms with van der Waals surface area (Å²) in [6.07, 6.45) is 4.10. The van der Waals surface area contributed by atoms with Gasteiger partial charge in [0.05, 0.1) is 5.56 Å². The van der Waals surface area contributed by atoms with E-state index in [1.807, 2.05) is 30.3 Å². The lowest BCUT2D eigenvalue weighted by Crippen LogP contribution is -1.98. The van der Waals surface area contributed by atoms with Crippen LogP contribution in [-0.4, -0.2) is 19.6 Å². The fourth-order valence-electron chi connectivity index (χ4n) is 2.46. The summed E-state index contributed by atoms with van der Waals surface area (Å²) in [6, 6.07) is 11.6. The molecule has 3 aromatic rings. The van der Waals surface area contributed by atoms with Gasteiger partial charge in [-0.3, -0.25) is 0 Å². The Labute approximate surface area is 110 Å². The van der Waals surface area contributed by atoms with Crippen molar-refractivity contribution in [1.82, 2.24) is 14.5 Å². The molecule has 4 heteroatoms. The van der Waals surface area contributed by atoms with Gasteiger partial charge in [0.15, 0.2) is 5.65 Å². The van der Waals surface area contributed by atoms with Gasteiger partial charge in [-0.25, -0.2) is 9.97 Å². The number of fused-ring (bicyclic) bond motifs is 1. The number of pyridine rings is 1. The molecule has 0 unspecified atom stereocenters. The number of hydrogen-bond acceptors (Lipinski definition) is 3. The summed E-state index contributed by atoms with van der Waals surface area (Å²) >= 11 is 0. The van der Waals surface area contributed by atoms with Gasteiger partial charge in [0.25, 0.3) is 0 Å². The Bertz CT molecular complexity index is 759. The molecule has 0 amide bonds. The van der Waals surface area contributed by atoms with Crippen molar-refractivity contribution in [1.29, 1.82) is 0 Å². The maximum atomic E-state index is 10.0. The zero-order valence-corrected chi connectivity index (χ0v) is 10.3. The normalized spacial score (nSPS) is 14.9. The van der Waals surface area contributed by atoms with E-state index in [9.17, 15) is 5.11 Å². The van der Waals surface area contributed by atoms with Gasteiger partial charge >= 0.3 is 0 Å². The van der Waals surface area contributed by atoms with Crippen LogP contribution in [0.5, 0.6) is 5.75 Å². The van der Waals surface area contributed by atoms with Crippen molar-refractivity contribution in [2.45, 2.75) is 18.9 Å². The number of nitrogens with zero attached hydrogens (tertiary/aromatic N) is 3. The first-order valence-electron chi connectivity index (χ1n) is 6.46. The molecule has 1 fully saturated rings. The molecule has 2 heterocycles. The fourth-order valence-corrected chi connectivity index (χ4v) is 2.46. The van der Waals surface area contributed by atoms with E-state index in [4.69, 9.17) is 0 Å². The topological polar surface area (TPSA) is 50.9 Å². The SMILES string of the molecule is Oc1ccccc1-c1nc2cccnc2n1C1CC1. The van der Waals surface area contributed by atoms with E-state index in [0.717, 1.165) is 35.4 Å². The molecule has 0 aliphatic heterocycles. The van der Waals surface area contributed by atoms with E-state index in [1.165, 1.54) is 0 Å². The number of hydrogen-bond donors (Lipinski definition) is 1. The van der Waals surface area contributed by atoms with E-state index in [0.29, 0.717) is 6.04 Å². The van der Waals surface area contributed by atoms with Gasteiger partial charge in [-0.05, 0) is 37.1 Å². The Morgan fingerprint density at radius 2 is 1.95 bits per heavy atom. The molecule has 0 atom stereocenters. The minimum Gasteiger partial charge on any atom is -0.507 e. The minimum absolute atomic E-state index is 0.264. The average Bonchev–Trinajstić information content (AvgIpc) is 3.19. The van der Waals surface area contributed by atoms with Crippen LogP contribution < -0.4 is 0 Å². The summed E-state index contributed by atoms with van der Waals surface area (Å²) in [6.45, 7) is 0. The van der Waals surface area contributed by atoms with Crippen molar-refractivity contribution in [3.8, 4) is 17.1 Å². The van der Waals surface area contributed by atoms with E-state index in [1.54, 1.807) is 12.3 Å². The Hall–Kier alpha value is -2.36. The van der Waals surface area contributed by atoms with Gasteiger partial charge in [0, 0.05) is 12.2 Å². The van der Waals surface area contributed by atoms with Gasteiger partial charge in [0.2, 0.25) is 0 Å². The quantitative estimate of drug-likeness (QED) is 0.761. The van der Waals surface area contributed by atoms with Crippen molar-refractivity contribution < 1.29 is 5.11 Å². The highest BCUT2D eigenvalue weighted by atomic mass is 16.3. The molecule has 4 nitrogen and oxygen atoms in total. The molecule has 0 saturated heterocycles. The maximum absolute atomic E-state index is 10.0. The van der Waals surface area contributed by atoms with Crippen LogP contribution in [0.15, 0.2) is 42.6 Å². The molecule has 1 aliphatic rings. The second-order valence-electron chi connectivity index (χ2n) is 4.90. The Balaban J connectivity index is 2.04. The summed E-state index contributed by atoms with van der Waals surface area (Å²) in [4.78, 5) is 9.08. The first kappa shape index (κ1) is 10.6. The molecular weight excluding hydrogens is 238 g/mol. The fraction of sp³-hybridized carbons (Fsp3) is 0.200. The van der Waals surface area contributed by atoms with Crippen LogP contribution in [0.4, 0.5) is 0 Å². The summed E-state index contributed by atoms with van der Waals surface area (Å²) in [5.41, 5.74) is 2.56. The number of benzene rings is 1. The van der Waals surface area contributed by atoms with Crippen LogP contribution >= 0.6 is 0 Å². The lowest BCUT2D eigenvalue weighted by molar-refractivity contribution is 0.476. The number of phenolic OH excluding ortho intramolecular Hbond substituents is 1. The van der Waals surface area contributed by atoms with E-state index in [2.05, 4.69) is 14.5 Å². The first-order chi connectivity index (χ1) is 9.34. The summed E-state index contributed by atoms with van der Waals surface area (Å²) in [5.74, 6) is 1.08. The molecule has 4 rings (SSSR count). The van der Waals surface area contributed by atoms with E-state index in [-0.39, 0.29) is 5.75 Å². The van der Waals surface area contributed by atoms with Gasteiger partial charge in [-0.1, -0.05) is 12.1 Å². The van der Waals surface area contributed by atoms with Gasteiger partial charge < -0.3 is 9.67 Å². The third-order valence-corrected chi connectivity index (χ3v) is 3.51. The third-order valence-electron chi connectivity index (χ3n) is 3.51. The molecule has 1 aliphatic carbocycles. The minimum atomic E-state index is 0.264. The van der Waals surface area contributed by atoms with Gasteiger partial charge in [-0.15, -0.1) is 0 Å². The molecule has 2 aromatic heterocycles. The van der Waals surface area contributed by atoms with Crippen molar-refractivity contribution in [2.24, 2.45) is 0 Å². The lowest BCUT2D eigenvalue weighted by Gasteiger charge is -2.08. The summed E-state index contributed by atoms with van der Waals surface area (Å²) < 4.78 is 2.16. The van der Waals surface area contributed by atoms with Crippen LogP contribution in [0, 0.1) is 0 Å². The number of aromatic nitrogens is 3. The van der Waals surface area contributed by atoms with Crippen LogP contribution in [0.3, 0.4) is 0 Å². The summed E-state index contributed by atoms with van der Waals surface area (Å²) in [7, 11) is 0. The molecule has 1 aromatic carbocycles. The van der Waals surface area contributed by atoms with Crippen molar-refractivity contribution in [3.63, 3.8) is 0 Å². The second-order valence-corrected chi connectivity index (χ2v) is 4.90. The molecule has 19 heavy (non-hydrogen) atoms. The number of aromatic hydroxyl groups is 1. The molecule has 0 radical (unpaired) electrons. The van der Waals surface area contributed by atoms with Crippen molar-refractivity contribution >= 4 is 11.2 Å². The lowest BCUT2D eigenvalue weighted by atomic mass is 10.2. The van der Waals surface area contributed by atoms with Crippen molar-refractivity contribution in [2.75, 3.05) is 0 Å². The number of imidazole rings is 1. The van der Waals surface area contributed by atoms with Crippen LogP contribution in [0.25, 0.3) is 22.6 Å². The van der Waals surface area contributed by atoms with Crippen LogP contribution in [0.2, 0.25) is 0 Å². The monoisotopic (exact) mass is 251 g/mol. The first-order valence-corrected chi connectivity index (χ1v) is 6.46. The zero-order valence-electron chi connectivity index (χ0n) is 10.3. The third kappa shape index (κ3) is 1.60. The number of para-hydroxylation sites is 1. The predicted octanol–water partition coefficient (Wildman–Crippen LogP) is 3.14. The molecule has 0 bridgehead atoms. The zero-order chi connectivity index (χ0) is 12.8. The van der Waals surface area contributed by atoms with Gasteiger partial charge in [0.1, 0.15) is 17.1 Å². The van der Waals surface area contributed by atoms with Crippen LogP contribution in [-0.2, 0) is 0 Å². The smallest absolute Gasteiger partial charge is 0.160 e. The second kappa shape index (κ2) is 3.82. The molecule has 94 valence electrons. The van der Waals surface area contributed by atoms with Crippen molar-refractivity contribution in [3.05, 3.63) is 42.6 Å². The van der Waals surface area contributed by atoms with Gasteiger partial charge in [-0.2, -0.15) is 0 Å². The number of phenols is 1. The number of rotatable bonds is 2. The van der Waals surface area contributed by atoms with E-state index >= 15 is 0 Å².